The van der Waals surface area contributed by atoms with Gasteiger partial charge in [0.15, 0.2) is 0 Å². The number of nitriles is 1. The molecule has 2 bridgehead atoms. The van der Waals surface area contributed by atoms with Gasteiger partial charge < -0.3 is 5.32 Å². The zero-order valence-electron chi connectivity index (χ0n) is 11.6. The Morgan fingerprint density at radius 2 is 1.94 bits per heavy atom. The van der Waals surface area contributed by atoms with Gasteiger partial charge in [-0.15, -0.1) is 0 Å². The lowest BCUT2D eigenvalue weighted by Gasteiger charge is -2.35. The number of hydrogen-bond acceptors (Lipinski definition) is 2. The number of nitrogens with zero attached hydrogens (tertiary/aromatic N) is 1. The molecule has 3 saturated carbocycles. The first-order chi connectivity index (χ1) is 8.78. The van der Waals surface area contributed by atoms with E-state index in [-0.39, 0.29) is 5.92 Å². The Bertz CT molecular complexity index is 332. The molecule has 6 atom stereocenters. The lowest BCUT2D eigenvalue weighted by Crippen LogP contribution is -2.46. The summed E-state index contributed by atoms with van der Waals surface area (Å²) in [6, 6.07) is 3.62. The maximum absolute atomic E-state index is 9.25. The highest BCUT2D eigenvalue weighted by atomic mass is 15.0. The Morgan fingerprint density at radius 3 is 2.61 bits per heavy atom. The normalized spacial score (nSPS) is 44.8. The highest BCUT2D eigenvalue weighted by Crippen LogP contribution is 2.49. The van der Waals surface area contributed by atoms with Crippen molar-refractivity contribution >= 4 is 0 Å². The third kappa shape index (κ3) is 2.30. The van der Waals surface area contributed by atoms with Crippen molar-refractivity contribution in [3.05, 3.63) is 0 Å². The molecule has 0 heterocycles. The fourth-order valence-corrected chi connectivity index (χ4v) is 4.85. The molecule has 0 spiro atoms. The predicted octanol–water partition coefficient (Wildman–Crippen LogP) is 3.48. The van der Waals surface area contributed by atoms with Crippen LogP contribution in [0.1, 0.15) is 58.3 Å². The van der Waals surface area contributed by atoms with Crippen LogP contribution >= 0.6 is 0 Å². The second-order valence-corrected chi connectivity index (χ2v) is 6.92. The van der Waals surface area contributed by atoms with Crippen molar-refractivity contribution in [3.63, 3.8) is 0 Å². The molecule has 0 radical (unpaired) electrons. The molecule has 0 aromatic rings. The summed E-state index contributed by atoms with van der Waals surface area (Å²) in [4.78, 5) is 0. The second kappa shape index (κ2) is 5.21. The number of rotatable bonds is 3. The van der Waals surface area contributed by atoms with Crippen LogP contribution in [0.2, 0.25) is 0 Å². The van der Waals surface area contributed by atoms with Crippen molar-refractivity contribution in [2.45, 2.75) is 70.4 Å². The summed E-state index contributed by atoms with van der Waals surface area (Å²) in [5.41, 5.74) is 0. The van der Waals surface area contributed by atoms with Crippen LogP contribution in [0.15, 0.2) is 0 Å². The molecular weight excluding hydrogens is 220 g/mol. The summed E-state index contributed by atoms with van der Waals surface area (Å²) in [6.45, 7) is 2.37. The standard InChI is InChI=1S/C16H26N2/c1-11(15-9-12-6-7-13(15)8-12)18-16-5-3-2-4-14(16)10-17/h11-16,18H,2-9H2,1H3. The Labute approximate surface area is 111 Å². The minimum atomic E-state index is 0.264. The number of fused-ring (bicyclic) bond motifs is 2. The van der Waals surface area contributed by atoms with Gasteiger partial charge in [0, 0.05) is 12.1 Å². The summed E-state index contributed by atoms with van der Waals surface area (Å²) in [6.07, 6.45) is 10.8. The van der Waals surface area contributed by atoms with Gasteiger partial charge in [0.1, 0.15) is 0 Å². The van der Waals surface area contributed by atoms with E-state index in [1.54, 1.807) is 0 Å². The molecule has 3 aliphatic rings. The van der Waals surface area contributed by atoms with Crippen LogP contribution in [0.25, 0.3) is 0 Å². The van der Waals surface area contributed by atoms with E-state index < -0.39 is 0 Å². The molecule has 3 aliphatic carbocycles. The first kappa shape index (κ1) is 12.5. The van der Waals surface area contributed by atoms with Crippen molar-refractivity contribution in [2.24, 2.45) is 23.7 Å². The largest absolute Gasteiger partial charge is 0.310 e. The van der Waals surface area contributed by atoms with Crippen LogP contribution in [0, 0.1) is 35.0 Å². The van der Waals surface area contributed by atoms with Gasteiger partial charge in [0.2, 0.25) is 0 Å². The summed E-state index contributed by atoms with van der Waals surface area (Å²) < 4.78 is 0. The van der Waals surface area contributed by atoms with Crippen LogP contribution in [-0.4, -0.2) is 12.1 Å². The van der Waals surface area contributed by atoms with Gasteiger partial charge in [-0.2, -0.15) is 5.26 Å². The van der Waals surface area contributed by atoms with Crippen molar-refractivity contribution in [3.8, 4) is 6.07 Å². The SMILES string of the molecule is CC(NC1CCCCC1C#N)C1CC2CCC1C2. The van der Waals surface area contributed by atoms with Crippen molar-refractivity contribution in [1.29, 1.82) is 5.26 Å². The van der Waals surface area contributed by atoms with Crippen LogP contribution < -0.4 is 5.32 Å². The van der Waals surface area contributed by atoms with Gasteiger partial charge in [0.25, 0.3) is 0 Å². The van der Waals surface area contributed by atoms with E-state index in [0.29, 0.717) is 12.1 Å². The highest BCUT2D eigenvalue weighted by molar-refractivity contribution is 4.99. The molecule has 2 nitrogen and oxygen atoms in total. The minimum Gasteiger partial charge on any atom is -0.310 e. The van der Waals surface area contributed by atoms with Crippen LogP contribution in [0.4, 0.5) is 0 Å². The van der Waals surface area contributed by atoms with E-state index in [9.17, 15) is 5.26 Å². The zero-order chi connectivity index (χ0) is 12.5. The monoisotopic (exact) mass is 246 g/mol. The molecule has 0 aromatic heterocycles. The number of hydrogen-bond donors (Lipinski definition) is 1. The van der Waals surface area contributed by atoms with Crippen LogP contribution in [0.3, 0.4) is 0 Å². The maximum atomic E-state index is 9.25. The van der Waals surface area contributed by atoms with Gasteiger partial charge in [-0.1, -0.05) is 19.3 Å². The fraction of sp³-hybridized carbons (Fsp3) is 0.938. The van der Waals surface area contributed by atoms with Crippen molar-refractivity contribution in [1.82, 2.24) is 5.32 Å². The second-order valence-electron chi connectivity index (χ2n) is 6.92. The van der Waals surface area contributed by atoms with E-state index in [1.807, 2.05) is 0 Å². The Hall–Kier alpha value is -0.550. The predicted molar refractivity (Wildman–Crippen MR) is 72.9 cm³/mol. The molecule has 3 fully saturated rings. The third-order valence-electron chi connectivity index (χ3n) is 5.84. The third-order valence-corrected chi connectivity index (χ3v) is 5.84. The zero-order valence-corrected chi connectivity index (χ0v) is 11.6. The smallest absolute Gasteiger partial charge is 0.0672 e. The topological polar surface area (TPSA) is 35.8 Å². The molecule has 6 unspecified atom stereocenters. The summed E-state index contributed by atoms with van der Waals surface area (Å²) in [7, 11) is 0. The average Bonchev–Trinajstić information content (AvgIpc) is 3.01. The molecule has 0 saturated heterocycles. The van der Waals surface area contributed by atoms with E-state index in [1.165, 1.54) is 44.9 Å². The molecule has 100 valence electrons. The Morgan fingerprint density at radius 1 is 1.11 bits per heavy atom. The van der Waals surface area contributed by atoms with Gasteiger partial charge in [-0.05, 0) is 56.8 Å². The summed E-state index contributed by atoms with van der Waals surface area (Å²) in [5, 5.41) is 13.1. The number of nitrogens with one attached hydrogen (secondary N) is 1. The fourth-order valence-electron chi connectivity index (χ4n) is 4.85. The lowest BCUT2D eigenvalue weighted by molar-refractivity contribution is 0.211. The molecule has 0 aromatic carbocycles. The first-order valence-corrected chi connectivity index (χ1v) is 7.93. The average molecular weight is 246 g/mol. The highest BCUT2D eigenvalue weighted by Gasteiger charge is 2.42. The Balaban J connectivity index is 1.57. The first-order valence-electron chi connectivity index (χ1n) is 7.93. The van der Waals surface area contributed by atoms with Crippen LogP contribution in [-0.2, 0) is 0 Å². The van der Waals surface area contributed by atoms with E-state index in [2.05, 4.69) is 18.3 Å². The van der Waals surface area contributed by atoms with Gasteiger partial charge >= 0.3 is 0 Å². The molecule has 2 heteroatoms. The van der Waals surface area contributed by atoms with E-state index in [0.717, 1.165) is 24.2 Å². The van der Waals surface area contributed by atoms with Crippen molar-refractivity contribution in [2.75, 3.05) is 0 Å². The molecule has 0 aliphatic heterocycles. The molecule has 3 rings (SSSR count). The quantitative estimate of drug-likeness (QED) is 0.827. The Kier molecular flexibility index (Phi) is 3.61. The lowest BCUT2D eigenvalue weighted by atomic mass is 9.81. The summed E-state index contributed by atoms with van der Waals surface area (Å²) >= 11 is 0. The van der Waals surface area contributed by atoms with E-state index >= 15 is 0 Å². The molecule has 18 heavy (non-hydrogen) atoms. The minimum absolute atomic E-state index is 0.264. The van der Waals surface area contributed by atoms with Gasteiger partial charge in [-0.25, -0.2) is 0 Å². The van der Waals surface area contributed by atoms with Crippen molar-refractivity contribution < 1.29 is 0 Å². The molecular formula is C16H26N2. The van der Waals surface area contributed by atoms with E-state index in [4.69, 9.17) is 0 Å². The molecule has 1 N–H and O–H groups in total. The summed E-state index contributed by atoms with van der Waals surface area (Å²) in [5.74, 6) is 3.17. The van der Waals surface area contributed by atoms with Gasteiger partial charge in [-0.3, -0.25) is 0 Å². The molecule has 0 amide bonds. The van der Waals surface area contributed by atoms with Gasteiger partial charge in [0.05, 0.1) is 12.0 Å². The maximum Gasteiger partial charge on any atom is 0.0672 e. The van der Waals surface area contributed by atoms with Crippen LogP contribution in [0.5, 0.6) is 0 Å².